The van der Waals surface area contributed by atoms with E-state index in [1.165, 1.54) is 17.3 Å². The summed E-state index contributed by atoms with van der Waals surface area (Å²) in [6, 6.07) is 10.0. The Morgan fingerprint density at radius 2 is 2.04 bits per heavy atom. The Kier molecular flexibility index (Phi) is 4.63. The second-order valence-corrected chi connectivity index (χ2v) is 8.18. The van der Waals surface area contributed by atoms with Crippen LogP contribution in [0, 0.1) is 6.92 Å². The van der Waals surface area contributed by atoms with Gasteiger partial charge in [-0.15, -0.1) is 10.2 Å². The van der Waals surface area contributed by atoms with Gasteiger partial charge in [0.2, 0.25) is 0 Å². The molecule has 1 aliphatic rings. The predicted octanol–water partition coefficient (Wildman–Crippen LogP) is 4.61. The number of aromatic nitrogens is 2. The van der Waals surface area contributed by atoms with Crippen LogP contribution >= 0.6 is 11.8 Å². The summed E-state index contributed by atoms with van der Waals surface area (Å²) in [6.07, 6.45) is 3.31. The van der Waals surface area contributed by atoms with Crippen LogP contribution in [-0.2, 0) is 10.2 Å². The van der Waals surface area contributed by atoms with Crippen LogP contribution in [-0.4, -0.2) is 28.8 Å². The first-order chi connectivity index (χ1) is 13.4. The first kappa shape index (κ1) is 18.6. The molecule has 0 N–H and O–H groups in total. The molecule has 3 heterocycles. The molecule has 0 atom stereocenters. The smallest absolute Gasteiger partial charge is 0.277 e. The fraction of sp³-hybridized carbons (Fsp3) is 0.286. The predicted molar refractivity (Wildman–Crippen MR) is 108 cm³/mol. The lowest BCUT2D eigenvalue weighted by atomic mass is 9.83. The molecule has 7 heteroatoms. The maximum absolute atomic E-state index is 12.6. The van der Waals surface area contributed by atoms with Gasteiger partial charge >= 0.3 is 0 Å². The largest absolute Gasteiger partial charge is 0.469 e. The number of fused-ring (bicyclic) bond motifs is 1. The first-order valence-corrected chi connectivity index (χ1v) is 9.95. The van der Waals surface area contributed by atoms with Crippen molar-refractivity contribution in [1.82, 2.24) is 10.2 Å². The van der Waals surface area contributed by atoms with E-state index in [0.29, 0.717) is 16.9 Å². The number of para-hydroxylation sites is 1. The highest BCUT2D eigenvalue weighted by molar-refractivity contribution is 7.99. The van der Waals surface area contributed by atoms with Gasteiger partial charge in [-0.1, -0.05) is 43.8 Å². The van der Waals surface area contributed by atoms with Gasteiger partial charge in [-0.2, -0.15) is 0 Å². The zero-order valence-electron chi connectivity index (χ0n) is 16.2. The van der Waals surface area contributed by atoms with E-state index in [1.807, 2.05) is 26.1 Å². The minimum absolute atomic E-state index is 0.00646. The van der Waals surface area contributed by atoms with E-state index in [2.05, 4.69) is 41.1 Å². The molecule has 0 bridgehead atoms. The highest BCUT2D eigenvalue weighted by atomic mass is 32.2. The van der Waals surface area contributed by atoms with Crippen LogP contribution in [0.25, 0.3) is 11.5 Å². The highest BCUT2D eigenvalue weighted by Gasteiger charge is 2.38. The van der Waals surface area contributed by atoms with E-state index < -0.39 is 0 Å². The van der Waals surface area contributed by atoms with Gasteiger partial charge in [-0.3, -0.25) is 4.79 Å². The van der Waals surface area contributed by atoms with E-state index >= 15 is 0 Å². The Bertz CT molecular complexity index is 1060. The number of nitrogens with zero attached hydrogens (tertiary/aromatic N) is 3. The van der Waals surface area contributed by atoms with Crippen molar-refractivity contribution in [1.29, 1.82) is 0 Å². The van der Waals surface area contributed by atoms with Gasteiger partial charge in [0.25, 0.3) is 11.1 Å². The summed E-state index contributed by atoms with van der Waals surface area (Å²) in [4.78, 5) is 14.7. The number of furan rings is 1. The number of carbonyl (C=O) groups excluding carboxylic acids is 1. The molecule has 1 aromatic carbocycles. The molecule has 4 rings (SSSR count). The Hall–Kier alpha value is -2.80. The van der Waals surface area contributed by atoms with Crippen molar-refractivity contribution in [3.05, 3.63) is 59.7 Å². The lowest BCUT2D eigenvalue weighted by Crippen LogP contribution is -2.24. The second kappa shape index (κ2) is 6.98. The lowest BCUT2D eigenvalue weighted by molar-refractivity contribution is -0.112. The number of thioether (sulfide) groups is 1. The number of aryl methyl sites for hydroxylation is 1. The number of hydrogen-bond donors (Lipinski definition) is 0. The molecule has 6 nitrogen and oxygen atoms in total. The average Bonchev–Trinajstić information content (AvgIpc) is 3.35. The van der Waals surface area contributed by atoms with Crippen LogP contribution in [0.15, 0.2) is 62.4 Å². The van der Waals surface area contributed by atoms with Crippen molar-refractivity contribution in [2.24, 2.45) is 0 Å². The van der Waals surface area contributed by atoms with Crippen LogP contribution in [0.4, 0.5) is 5.69 Å². The Morgan fingerprint density at radius 3 is 2.75 bits per heavy atom. The third kappa shape index (κ3) is 3.16. The van der Waals surface area contributed by atoms with Crippen molar-refractivity contribution < 1.29 is 13.6 Å². The third-order valence-corrected chi connectivity index (χ3v) is 5.91. The van der Waals surface area contributed by atoms with Crippen LogP contribution in [0.1, 0.15) is 25.2 Å². The second-order valence-electron chi connectivity index (χ2n) is 7.25. The number of benzene rings is 1. The van der Waals surface area contributed by atoms with Crippen molar-refractivity contribution in [2.45, 2.75) is 31.4 Å². The third-order valence-electron chi connectivity index (χ3n) is 5.07. The number of allylic oxidation sites excluding steroid dienone is 2. The van der Waals surface area contributed by atoms with E-state index in [4.69, 9.17) is 8.83 Å². The van der Waals surface area contributed by atoms with E-state index in [0.717, 1.165) is 16.9 Å². The van der Waals surface area contributed by atoms with Crippen LogP contribution in [0.5, 0.6) is 0 Å². The van der Waals surface area contributed by atoms with Gasteiger partial charge in [0.05, 0.1) is 17.6 Å². The summed E-state index contributed by atoms with van der Waals surface area (Å²) in [5.74, 6) is 1.35. The van der Waals surface area contributed by atoms with Gasteiger partial charge < -0.3 is 13.7 Å². The number of ketones is 1. The van der Waals surface area contributed by atoms with Crippen molar-refractivity contribution in [2.75, 3.05) is 17.7 Å². The van der Waals surface area contributed by atoms with Crippen molar-refractivity contribution in [3.63, 3.8) is 0 Å². The topological polar surface area (TPSA) is 72.4 Å². The minimum Gasteiger partial charge on any atom is -0.469 e. The molecule has 28 heavy (non-hydrogen) atoms. The van der Waals surface area contributed by atoms with Gasteiger partial charge in [0, 0.05) is 29.9 Å². The quantitative estimate of drug-likeness (QED) is 0.461. The van der Waals surface area contributed by atoms with E-state index in [1.54, 1.807) is 18.4 Å². The van der Waals surface area contributed by atoms with Crippen molar-refractivity contribution in [3.8, 4) is 11.5 Å². The van der Waals surface area contributed by atoms with E-state index in [9.17, 15) is 4.79 Å². The molecule has 0 amide bonds. The molecule has 2 aromatic heterocycles. The van der Waals surface area contributed by atoms with Gasteiger partial charge in [-0.05, 0) is 24.6 Å². The molecule has 0 saturated heterocycles. The Labute approximate surface area is 167 Å². The maximum atomic E-state index is 12.6. The molecule has 0 aliphatic carbocycles. The molecule has 0 saturated carbocycles. The zero-order valence-corrected chi connectivity index (χ0v) is 17.0. The van der Waals surface area contributed by atoms with Crippen LogP contribution in [0.2, 0.25) is 0 Å². The lowest BCUT2D eigenvalue weighted by Gasteiger charge is -2.23. The van der Waals surface area contributed by atoms with E-state index in [-0.39, 0.29) is 17.0 Å². The fourth-order valence-electron chi connectivity index (χ4n) is 3.57. The summed E-state index contributed by atoms with van der Waals surface area (Å²) in [6.45, 7) is 6.11. The highest BCUT2D eigenvalue weighted by Crippen LogP contribution is 2.46. The number of anilines is 1. The Balaban J connectivity index is 1.47. The number of hydrogen-bond acceptors (Lipinski definition) is 7. The minimum atomic E-state index is -0.220. The first-order valence-electron chi connectivity index (χ1n) is 8.97. The summed E-state index contributed by atoms with van der Waals surface area (Å²) < 4.78 is 10.9. The average molecular weight is 395 g/mol. The summed E-state index contributed by atoms with van der Waals surface area (Å²) in [7, 11) is 2.00. The monoisotopic (exact) mass is 395 g/mol. The summed E-state index contributed by atoms with van der Waals surface area (Å²) >= 11 is 1.24. The molecule has 144 valence electrons. The number of likely N-dealkylation sites (N-methyl/N-ethyl adjacent to an activating group) is 1. The molecule has 3 aromatic rings. The van der Waals surface area contributed by atoms with Gasteiger partial charge in [0.15, 0.2) is 5.78 Å². The molecule has 1 aliphatic heterocycles. The maximum Gasteiger partial charge on any atom is 0.277 e. The molecule has 0 unspecified atom stereocenters. The number of carbonyl (C=O) groups is 1. The summed E-state index contributed by atoms with van der Waals surface area (Å²) in [5.41, 5.74) is 3.89. The normalized spacial score (nSPS) is 16.6. The zero-order chi connectivity index (χ0) is 19.9. The molecule has 0 spiro atoms. The fourth-order valence-corrected chi connectivity index (χ4v) is 4.16. The molecular formula is C21H21N3O3S. The summed E-state index contributed by atoms with van der Waals surface area (Å²) in [5, 5.41) is 8.41. The molecule has 0 radical (unpaired) electrons. The molecular weight excluding hydrogens is 374 g/mol. The SMILES string of the molecule is Cc1occc1-c1nnc(SCC(=O)/C=C2\N(C)c3ccccc3C2(C)C)o1. The molecule has 0 fully saturated rings. The Morgan fingerprint density at radius 1 is 1.25 bits per heavy atom. The standard InChI is InChI=1S/C21H21N3O3S/c1-13-15(9-10-26-13)19-22-23-20(27-19)28-12-14(25)11-18-21(2,3)16-7-5-6-8-17(16)24(18)4/h5-11H,12H2,1-4H3/b18-11-. The number of rotatable bonds is 5. The van der Waals surface area contributed by atoms with Crippen LogP contribution in [0.3, 0.4) is 0 Å². The van der Waals surface area contributed by atoms with Crippen molar-refractivity contribution >= 4 is 23.2 Å². The van der Waals surface area contributed by atoms with Gasteiger partial charge in [-0.25, -0.2) is 0 Å². The van der Waals surface area contributed by atoms with Crippen LogP contribution < -0.4 is 4.90 Å². The van der Waals surface area contributed by atoms with Gasteiger partial charge in [0.1, 0.15) is 5.76 Å².